The maximum absolute atomic E-state index is 14.1. The molecule has 4 aromatic rings. The summed E-state index contributed by atoms with van der Waals surface area (Å²) in [5.74, 6) is -1.56. The Morgan fingerprint density at radius 3 is 1.22 bits per heavy atom. The van der Waals surface area contributed by atoms with Crippen LogP contribution in [0.5, 0.6) is 0 Å². The number of benzene rings is 4. The summed E-state index contributed by atoms with van der Waals surface area (Å²) < 4.78 is 0. The monoisotopic (exact) mass is 805 g/mol. The van der Waals surface area contributed by atoms with Gasteiger partial charge in [-0.25, -0.2) is 0 Å². The highest BCUT2D eigenvalue weighted by atomic mass is 16.2. The zero-order valence-electron chi connectivity index (χ0n) is 34.2. The third-order valence-corrected chi connectivity index (χ3v) is 13.7. The van der Waals surface area contributed by atoms with Gasteiger partial charge >= 0.3 is 0 Å². The number of hydrogen-bond acceptors (Lipinski definition) is 5. The Labute approximate surface area is 352 Å². The molecule has 2 aliphatic heterocycles. The lowest BCUT2D eigenvalue weighted by Crippen LogP contribution is -2.43. The number of nitrogens with one attached hydrogen (secondary N) is 3. The number of rotatable bonds is 14. The maximum atomic E-state index is 14.1. The SMILES string of the molecule is CCCCC1CN(C(=O)c2ccc(C(=O)N3C[C@@H](C(=O)N[C@H]4C[C@@H]4c4ccccc4)[C@H](C(=O)N[C@H]4C[C@@H]4c4ccccc4)C3)cc2)CC1C(=O)N[C@H]1C[C@@H]1c1ccccc1. The Balaban J connectivity index is 0.841. The van der Waals surface area contributed by atoms with Gasteiger partial charge < -0.3 is 25.8 Å². The number of likely N-dealkylation sites (tertiary alicyclic amines) is 2. The molecule has 3 saturated carbocycles. The lowest BCUT2D eigenvalue weighted by molar-refractivity contribution is -0.133. The number of carbonyl (C=O) groups is 5. The highest BCUT2D eigenvalue weighted by Gasteiger charge is 2.49. The number of amides is 5. The molecular weight excluding hydrogens is 751 g/mol. The molecule has 2 saturated heterocycles. The van der Waals surface area contributed by atoms with Gasteiger partial charge in [0.2, 0.25) is 17.7 Å². The predicted octanol–water partition coefficient (Wildman–Crippen LogP) is 6.27. The van der Waals surface area contributed by atoms with Gasteiger partial charge in [-0.05, 0) is 72.6 Å². The molecule has 5 amide bonds. The van der Waals surface area contributed by atoms with Gasteiger partial charge in [-0.2, -0.15) is 0 Å². The molecule has 9 rings (SSSR count). The fraction of sp³-hybridized carbons (Fsp3) is 0.420. The Morgan fingerprint density at radius 2 is 0.833 bits per heavy atom. The molecule has 310 valence electrons. The van der Waals surface area contributed by atoms with E-state index in [0.717, 1.165) is 38.5 Å². The zero-order chi connectivity index (χ0) is 41.3. The topological polar surface area (TPSA) is 128 Å². The van der Waals surface area contributed by atoms with Crippen LogP contribution >= 0.6 is 0 Å². The first-order chi connectivity index (χ1) is 29.2. The largest absolute Gasteiger partial charge is 0.352 e. The van der Waals surface area contributed by atoms with E-state index in [2.05, 4.69) is 59.3 Å². The summed E-state index contributed by atoms with van der Waals surface area (Å²) in [6.07, 6.45) is 5.51. The third kappa shape index (κ3) is 8.60. The van der Waals surface area contributed by atoms with Crippen LogP contribution < -0.4 is 16.0 Å². The van der Waals surface area contributed by atoms with Crippen molar-refractivity contribution < 1.29 is 24.0 Å². The first kappa shape index (κ1) is 39.7. The summed E-state index contributed by atoms with van der Waals surface area (Å²) >= 11 is 0. The second kappa shape index (κ2) is 17.1. The van der Waals surface area contributed by atoms with Crippen molar-refractivity contribution in [3.63, 3.8) is 0 Å². The molecule has 10 heteroatoms. The fourth-order valence-electron chi connectivity index (χ4n) is 9.85. The Kier molecular flexibility index (Phi) is 11.3. The van der Waals surface area contributed by atoms with Crippen LogP contribution in [0, 0.1) is 23.7 Å². The van der Waals surface area contributed by atoms with Gasteiger partial charge in [-0.1, -0.05) is 111 Å². The first-order valence-electron chi connectivity index (χ1n) is 22.0. The average Bonchev–Trinajstić information content (AvgIpc) is 4.25. The maximum Gasteiger partial charge on any atom is 0.253 e. The van der Waals surface area contributed by atoms with Crippen molar-refractivity contribution in [1.29, 1.82) is 0 Å². The lowest BCUT2D eigenvalue weighted by atomic mass is 9.90. The van der Waals surface area contributed by atoms with E-state index in [1.807, 2.05) is 54.6 Å². The van der Waals surface area contributed by atoms with Crippen molar-refractivity contribution in [2.75, 3.05) is 26.2 Å². The van der Waals surface area contributed by atoms with E-state index < -0.39 is 11.8 Å². The van der Waals surface area contributed by atoms with Crippen molar-refractivity contribution in [3.05, 3.63) is 143 Å². The first-order valence-corrected chi connectivity index (χ1v) is 22.0. The Hall–Kier alpha value is -5.77. The summed E-state index contributed by atoms with van der Waals surface area (Å²) in [5.41, 5.74) is 4.45. The lowest BCUT2D eigenvalue weighted by Gasteiger charge is -2.18. The van der Waals surface area contributed by atoms with E-state index in [-0.39, 0.29) is 84.4 Å². The van der Waals surface area contributed by atoms with Crippen LogP contribution in [-0.4, -0.2) is 83.6 Å². The minimum absolute atomic E-state index is 0.00303. The summed E-state index contributed by atoms with van der Waals surface area (Å²) in [5, 5.41) is 9.69. The molecule has 2 unspecified atom stereocenters. The number of unbranched alkanes of at least 4 members (excludes halogenated alkanes) is 1. The van der Waals surface area contributed by atoms with Crippen LogP contribution in [0.4, 0.5) is 0 Å². The van der Waals surface area contributed by atoms with Gasteiger partial charge in [0.15, 0.2) is 0 Å². The van der Waals surface area contributed by atoms with Crippen molar-refractivity contribution in [2.24, 2.45) is 23.7 Å². The molecule has 3 aliphatic carbocycles. The van der Waals surface area contributed by atoms with Gasteiger partial charge in [-0.3, -0.25) is 24.0 Å². The minimum atomic E-state index is -0.689. The molecule has 0 spiro atoms. The van der Waals surface area contributed by atoms with Crippen LogP contribution in [-0.2, 0) is 14.4 Å². The standard InChI is InChI=1S/C50H55N5O5/c1-2-3-13-36-27-54(28-40(36)46(56)51-43-24-37(43)31-14-7-4-8-15-31)49(59)34-20-22-35(23-21-34)50(60)55-29-41(47(57)52-44-25-38(44)32-16-9-5-10-17-32)42(30-55)48(58)53-45-26-39(45)33-18-11-6-12-19-33/h4-12,14-23,36-45H,2-3,13,24-30H2,1H3,(H,51,56)(H,52,57)(H,53,58)/t36?,37-,38-,39-,40?,41-,42-,43+,44+,45+/m1/s1. The van der Waals surface area contributed by atoms with E-state index in [4.69, 9.17) is 0 Å². The van der Waals surface area contributed by atoms with Gasteiger partial charge in [-0.15, -0.1) is 0 Å². The van der Waals surface area contributed by atoms with Crippen LogP contribution in [0.25, 0.3) is 0 Å². The van der Waals surface area contributed by atoms with E-state index in [1.54, 1.807) is 34.1 Å². The highest BCUT2D eigenvalue weighted by molar-refractivity contribution is 5.99. The van der Waals surface area contributed by atoms with Crippen molar-refractivity contribution in [3.8, 4) is 0 Å². The van der Waals surface area contributed by atoms with Crippen LogP contribution in [0.1, 0.15) is 101 Å². The van der Waals surface area contributed by atoms with Crippen LogP contribution in [0.2, 0.25) is 0 Å². The van der Waals surface area contributed by atoms with Crippen molar-refractivity contribution in [1.82, 2.24) is 25.8 Å². The molecule has 60 heavy (non-hydrogen) atoms. The molecule has 10 atom stereocenters. The second-order valence-corrected chi connectivity index (χ2v) is 17.8. The molecular formula is C50H55N5O5. The predicted molar refractivity (Wildman–Crippen MR) is 229 cm³/mol. The molecule has 0 bridgehead atoms. The van der Waals surface area contributed by atoms with Gasteiger partial charge in [0.1, 0.15) is 0 Å². The zero-order valence-corrected chi connectivity index (χ0v) is 34.2. The van der Waals surface area contributed by atoms with E-state index in [1.165, 1.54) is 16.7 Å². The summed E-state index contributed by atoms with van der Waals surface area (Å²) in [6, 6.07) is 37.3. The Morgan fingerprint density at radius 1 is 0.483 bits per heavy atom. The van der Waals surface area contributed by atoms with Gasteiger partial charge in [0, 0.05) is 73.2 Å². The summed E-state index contributed by atoms with van der Waals surface area (Å²) in [7, 11) is 0. The minimum Gasteiger partial charge on any atom is -0.352 e. The number of carbonyl (C=O) groups excluding carboxylic acids is 5. The molecule has 0 radical (unpaired) electrons. The Bertz CT molecular complexity index is 2120. The molecule has 4 aromatic carbocycles. The third-order valence-electron chi connectivity index (χ3n) is 13.7. The summed E-state index contributed by atoms with van der Waals surface area (Å²) in [4.78, 5) is 72.8. The van der Waals surface area contributed by atoms with Gasteiger partial charge in [0.25, 0.3) is 11.8 Å². The normalized spacial score (nSPS) is 28.8. The molecule has 5 aliphatic rings. The second-order valence-electron chi connectivity index (χ2n) is 17.8. The van der Waals surface area contributed by atoms with Crippen LogP contribution in [0.3, 0.4) is 0 Å². The number of hydrogen-bond donors (Lipinski definition) is 3. The molecule has 2 heterocycles. The molecule has 10 nitrogen and oxygen atoms in total. The fourth-order valence-corrected chi connectivity index (χ4v) is 9.85. The van der Waals surface area contributed by atoms with Crippen LogP contribution in [0.15, 0.2) is 115 Å². The quantitative estimate of drug-likeness (QED) is 0.139. The van der Waals surface area contributed by atoms with Crippen molar-refractivity contribution >= 4 is 29.5 Å². The smallest absolute Gasteiger partial charge is 0.253 e. The summed E-state index contributed by atoms with van der Waals surface area (Å²) in [6.45, 7) is 3.28. The number of nitrogens with zero attached hydrogens (tertiary/aromatic N) is 2. The molecule has 0 aromatic heterocycles. The molecule has 5 fully saturated rings. The van der Waals surface area contributed by atoms with Crippen molar-refractivity contribution in [2.45, 2.75) is 81.3 Å². The average molecular weight is 806 g/mol. The van der Waals surface area contributed by atoms with E-state index in [9.17, 15) is 24.0 Å². The van der Waals surface area contributed by atoms with E-state index in [0.29, 0.717) is 30.1 Å². The molecule has 3 N–H and O–H groups in total. The van der Waals surface area contributed by atoms with Gasteiger partial charge in [0.05, 0.1) is 17.8 Å². The highest BCUT2D eigenvalue weighted by Crippen LogP contribution is 2.43. The van der Waals surface area contributed by atoms with E-state index >= 15 is 0 Å².